The molecule has 0 radical (unpaired) electrons. The van der Waals surface area contributed by atoms with Crippen LogP contribution in [0.25, 0.3) is 0 Å². The minimum Gasteiger partial charge on any atom is -0.388 e. The lowest BCUT2D eigenvalue weighted by Gasteiger charge is -2.16. The van der Waals surface area contributed by atoms with Crippen LogP contribution in [0, 0.1) is 16.0 Å². The van der Waals surface area contributed by atoms with E-state index < -0.39 is 11.0 Å². The molecule has 0 fully saturated rings. The zero-order valence-electron chi connectivity index (χ0n) is 12.6. The molecular weight excluding hydrogens is 294 g/mol. The second kappa shape index (κ2) is 7.37. The fourth-order valence-electron chi connectivity index (χ4n) is 1.66. The Morgan fingerprint density at radius 1 is 1.52 bits per heavy atom. The van der Waals surface area contributed by atoms with Crippen molar-refractivity contribution in [2.45, 2.75) is 26.9 Å². The van der Waals surface area contributed by atoms with Crippen LogP contribution >= 0.6 is 11.3 Å². The molecule has 1 atom stereocenters. The van der Waals surface area contributed by atoms with Gasteiger partial charge in [-0.15, -0.1) is 11.3 Å². The molecule has 1 aromatic heterocycles. The summed E-state index contributed by atoms with van der Waals surface area (Å²) in [7, 11) is 1.62. The number of rotatable bonds is 7. The van der Waals surface area contributed by atoms with Gasteiger partial charge in [-0.3, -0.25) is 14.9 Å². The summed E-state index contributed by atoms with van der Waals surface area (Å²) >= 11 is 1.12. The van der Waals surface area contributed by atoms with Crippen LogP contribution in [0.1, 0.15) is 31.8 Å². The van der Waals surface area contributed by atoms with Crippen LogP contribution in [0.4, 0.5) is 10.7 Å². The molecule has 7 nitrogen and oxygen atoms in total. The Kier molecular flexibility index (Phi) is 6.10. The lowest BCUT2D eigenvalue weighted by atomic mass is 10.2. The fourth-order valence-corrected chi connectivity index (χ4v) is 2.68. The number of carbonyl (C=O) groups excluding carboxylic acids is 1. The van der Waals surface area contributed by atoms with Gasteiger partial charge in [-0.2, -0.15) is 0 Å². The average molecular weight is 315 g/mol. The molecule has 0 aliphatic heterocycles. The zero-order valence-corrected chi connectivity index (χ0v) is 13.4. The third-order valence-electron chi connectivity index (χ3n) is 2.76. The van der Waals surface area contributed by atoms with E-state index >= 15 is 0 Å². The summed E-state index contributed by atoms with van der Waals surface area (Å²) in [5.41, 5.74) is -0.0879. The normalized spacial score (nSPS) is 12.3. The largest absolute Gasteiger partial charge is 0.388 e. The van der Waals surface area contributed by atoms with Crippen molar-refractivity contribution < 1.29 is 14.8 Å². The van der Waals surface area contributed by atoms with Gasteiger partial charge in [0.05, 0.1) is 17.6 Å². The molecule has 0 spiro atoms. The Morgan fingerprint density at radius 3 is 2.62 bits per heavy atom. The van der Waals surface area contributed by atoms with Gasteiger partial charge in [0.15, 0.2) is 5.00 Å². The third-order valence-corrected chi connectivity index (χ3v) is 4.16. The molecule has 0 aliphatic carbocycles. The molecule has 1 heterocycles. The SMILES string of the molecule is CC(C)CNC(=O)CN(C)c1sc([C@H](C)O)cc1[N+](=O)[O-]. The van der Waals surface area contributed by atoms with Gasteiger partial charge >= 0.3 is 5.69 Å². The topological polar surface area (TPSA) is 95.7 Å². The number of hydrogen-bond acceptors (Lipinski definition) is 6. The Balaban J connectivity index is 2.83. The van der Waals surface area contributed by atoms with Crippen LogP contribution in [-0.2, 0) is 4.79 Å². The van der Waals surface area contributed by atoms with Crippen LogP contribution in [0.3, 0.4) is 0 Å². The number of aliphatic hydroxyl groups excluding tert-OH is 1. The van der Waals surface area contributed by atoms with Crippen molar-refractivity contribution in [3.8, 4) is 0 Å². The number of nitro groups is 1. The summed E-state index contributed by atoms with van der Waals surface area (Å²) in [6.07, 6.45) is -0.773. The quantitative estimate of drug-likeness (QED) is 0.592. The van der Waals surface area contributed by atoms with E-state index in [2.05, 4.69) is 5.32 Å². The predicted molar refractivity (Wildman–Crippen MR) is 82.7 cm³/mol. The molecule has 0 aromatic carbocycles. The van der Waals surface area contributed by atoms with Crippen molar-refractivity contribution in [3.63, 3.8) is 0 Å². The summed E-state index contributed by atoms with van der Waals surface area (Å²) in [4.78, 5) is 24.4. The number of hydrogen-bond donors (Lipinski definition) is 2. The Labute approximate surface area is 127 Å². The first-order chi connectivity index (χ1) is 9.72. The maximum Gasteiger partial charge on any atom is 0.304 e. The number of aliphatic hydroxyl groups is 1. The molecule has 0 saturated carbocycles. The molecule has 0 aliphatic rings. The molecule has 0 bridgehead atoms. The molecule has 8 heteroatoms. The van der Waals surface area contributed by atoms with Crippen LogP contribution < -0.4 is 10.2 Å². The van der Waals surface area contributed by atoms with Crippen LogP contribution in [0.15, 0.2) is 6.07 Å². The van der Waals surface area contributed by atoms with Crippen molar-refractivity contribution >= 4 is 27.9 Å². The summed E-state index contributed by atoms with van der Waals surface area (Å²) in [6, 6.07) is 1.35. The zero-order chi connectivity index (χ0) is 16.2. The van der Waals surface area contributed by atoms with Gasteiger partial charge in [-0.1, -0.05) is 13.8 Å². The first kappa shape index (κ1) is 17.4. The minimum atomic E-state index is -0.773. The number of amides is 1. The molecule has 1 amide bonds. The Morgan fingerprint density at radius 2 is 2.14 bits per heavy atom. The van der Waals surface area contributed by atoms with Crippen molar-refractivity contribution in [1.82, 2.24) is 5.32 Å². The molecule has 0 unspecified atom stereocenters. The van der Waals surface area contributed by atoms with Gasteiger partial charge in [-0.25, -0.2) is 0 Å². The summed E-state index contributed by atoms with van der Waals surface area (Å²) in [5, 5.41) is 23.7. The first-order valence-corrected chi connectivity index (χ1v) is 7.48. The van der Waals surface area contributed by atoms with Crippen molar-refractivity contribution in [3.05, 3.63) is 21.1 Å². The first-order valence-electron chi connectivity index (χ1n) is 6.66. The summed E-state index contributed by atoms with van der Waals surface area (Å²) < 4.78 is 0. The maximum atomic E-state index is 11.8. The van der Waals surface area contributed by atoms with Crippen molar-refractivity contribution in [2.24, 2.45) is 5.92 Å². The third kappa shape index (κ3) is 4.98. The second-order valence-corrected chi connectivity index (χ2v) is 6.39. The van der Waals surface area contributed by atoms with Gasteiger partial charge in [-0.05, 0) is 12.8 Å². The Hall–Kier alpha value is -1.67. The highest BCUT2D eigenvalue weighted by Gasteiger charge is 2.24. The highest BCUT2D eigenvalue weighted by Crippen LogP contribution is 2.39. The van der Waals surface area contributed by atoms with E-state index in [9.17, 15) is 20.0 Å². The molecule has 1 aromatic rings. The van der Waals surface area contributed by atoms with Crippen LogP contribution in [-0.4, -0.2) is 36.1 Å². The molecular formula is C13H21N3O4S. The van der Waals surface area contributed by atoms with Gasteiger partial charge < -0.3 is 15.3 Å². The molecule has 2 N–H and O–H groups in total. The van der Waals surface area contributed by atoms with E-state index in [0.29, 0.717) is 22.3 Å². The van der Waals surface area contributed by atoms with E-state index in [1.165, 1.54) is 11.0 Å². The smallest absolute Gasteiger partial charge is 0.304 e. The molecule has 118 valence electrons. The van der Waals surface area contributed by atoms with Crippen LogP contribution in [0.5, 0.6) is 0 Å². The Bertz CT molecular complexity index is 514. The van der Waals surface area contributed by atoms with Gasteiger partial charge in [0.1, 0.15) is 0 Å². The van der Waals surface area contributed by atoms with Gasteiger partial charge in [0.2, 0.25) is 5.91 Å². The fraction of sp³-hybridized carbons (Fsp3) is 0.615. The van der Waals surface area contributed by atoms with E-state index in [1.807, 2.05) is 13.8 Å². The van der Waals surface area contributed by atoms with E-state index in [1.54, 1.807) is 14.0 Å². The average Bonchev–Trinajstić information content (AvgIpc) is 2.81. The lowest BCUT2D eigenvalue weighted by Crippen LogP contribution is -2.36. The number of anilines is 1. The van der Waals surface area contributed by atoms with Gasteiger partial charge in [0, 0.05) is 24.5 Å². The predicted octanol–water partition coefficient (Wildman–Crippen LogP) is 1.92. The number of thiophene rings is 1. The summed E-state index contributed by atoms with van der Waals surface area (Å²) in [5.74, 6) is 0.157. The maximum absolute atomic E-state index is 11.8. The molecule has 1 rings (SSSR count). The highest BCUT2D eigenvalue weighted by atomic mass is 32.1. The summed E-state index contributed by atoms with van der Waals surface area (Å²) in [6.45, 7) is 6.13. The van der Waals surface area contributed by atoms with Crippen LogP contribution in [0.2, 0.25) is 0 Å². The highest BCUT2D eigenvalue weighted by molar-refractivity contribution is 7.16. The molecule has 21 heavy (non-hydrogen) atoms. The molecule has 0 saturated heterocycles. The van der Waals surface area contributed by atoms with E-state index in [4.69, 9.17) is 0 Å². The number of nitrogens with zero attached hydrogens (tertiary/aromatic N) is 2. The number of nitrogens with one attached hydrogen (secondary N) is 1. The standard InChI is InChI=1S/C13H21N3O4S/c1-8(2)6-14-12(18)7-15(4)13-10(16(19)20)5-11(21-13)9(3)17/h5,8-9,17H,6-7H2,1-4H3,(H,14,18)/t9-/m0/s1. The number of likely N-dealkylation sites (N-methyl/N-ethyl adjacent to an activating group) is 1. The van der Waals surface area contributed by atoms with Crippen molar-refractivity contribution in [1.29, 1.82) is 0 Å². The number of carbonyl (C=O) groups is 1. The van der Waals surface area contributed by atoms with E-state index in [-0.39, 0.29) is 18.1 Å². The monoisotopic (exact) mass is 315 g/mol. The second-order valence-electron chi connectivity index (χ2n) is 5.33. The van der Waals surface area contributed by atoms with Crippen molar-refractivity contribution in [2.75, 3.05) is 25.0 Å². The van der Waals surface area contributed by atoms with Gasteiger partial charge in [0.25, 0.3) is 0 Å². The van der Waals surface area contributed by atoms with E-state index in [0.717, 1.165) is 11.3 Å². The minimum absolute atomic E-state index is 0.0350. The lowest BCUT2D eigenvalue weighted by molar-refractivity contribution is -0.383.